The van der Waals surface area contributed by atoms with Gasteiger partial charge < -0.3 is 10.2 Å². The number of rotatable bonds is 3. The fourth-order valence-corrected chi connectivity index (χ4v) is 0.620. The Kier molecular flexibility index (Phi) is 3.98. The Morgan fingerprint density at radius 2 is 1.86 bits per heavy atom. The summed E-state index contributed by atoms with van der Waals surface area (Å²) in [6.07, 6.45) is 0.250. The Balaban J connectivity index is 3.16. The highest BCUT2D eigenvalue weighted by Crippen LogP contribution is 1.76. The average molecular weight is 118 g/mol. The van der Waals surface area contributed by atoms with Gasteiger partial charge in [-0.25, -0.2) is 0 Å². The van der Waals surface area contributed by atoms with Crippen LogP contribution in [0.5, 0.6) is 0 Å². The molecule has 0 fully saturated rings. The van der Waals surface area contributed by atoms with Crippen molar-refractivity contribution in [3.05, 3.63) is 12.3 Å². The molecule has 0 bridgehead atoms. The van der Waals surface area contributed by atoms with E-state index in [4.69, 9.17) is 10.2 Å². The van der Waals surface area contributed by atoms with Crippen molar-refractivity contribution in [3.8, 4) is 0 Å². The number of aliphatic hydroxyl groups is 2. The molecule has 2 nitrogen and oxygen atoms in total. The van der Waals surface area contributed by atoms with Crippen molar-refractivity contribution in [3.63, 3.8) is 0 Å². The molecule has 2 N–H and O–H groups in total. The highest BCUT2D eigenvalue weighted by atomic mass is 28.3. The molecule has 0 amide bonds. The minimum Gasteiger partial charge on any atom is -0.400 e. The molecular weight excluding hydrogens is 108 g/mol. The van der Waals surface area contributed by atoms with E-state index in [2.05, 4.69) is 6.58 Å². The Bertz CT molecular complexity index is 51.7. The van der Waals surface area contributed by atoms with Gasteiger partial charge in [-0.3, -0.25) is 0 Å². The molecule has 3 heteroatoms. The van der Waals surface area contributed by atoms with E-state index >= 15 is 0 Å². The molecule has 0 heterocycles. The first kappa shape index (κ1) is 6.88. The largest absolute Gasteiger partial charge is 0.400 e. The summed E-state index contributed by atoms with van der Waals surface area (Å²) in [5.41, 5.74) is 1.67. The molecule has 0 saturated carbocycles. The van der Waals surface area contributed by atoms with Gasteiger partial charge in [-0.1, -0.05) is 0 Å². The molecule has 0 atom stereocenters. The van der Waals surface area contributed by atoms with Crippen molar-refractivity contribution in [1.29, 1.82) is 0 Å². The molecule has 42 valence electrons. The summed E-state index contributed by atoms with van der Waals surface area (Å²) in [6.45, 7) is 3.44. The fourth-order valence-electron chi connectivity index (χ4n) is 0.207. The summed E-state index contributed by atoms with van der Waals surface area (Å²) in [4.78, 5) is 0. The lowest BCUT2D eigenvalue weighted by Gasteiger charge is -1.97. The first-order valence-corrected chi connectivity index (χ1v) is 4.49. The Hall–Kier alpha value is -0.123. The van der Waals surface area contributed by atoms with E-state index in [-0.39, 0.29) is 12.5 Å². The first-order valence-electron chi connectivity index (χ1n) is 2.19. The van der Waals surface area contributed by atoms with Crippen LogP contribution in [0.1, 0.15) is 0 Å². The van der Waals surface area contributed by atoms with E-state index in [1.165, 1.54) is 0 Å². The lowest BCUT2D eigenvalue weighted by molar-refractivity contribution is 0.331. The van der Waals surface area contributed by atoms with Crippen LogP contribution in [-0.4, -0.2) is 31.5 Å². The Labute approximate surface area is 44.7 Å². The maximum atomic E-state index is 8.36. The second-order valence-corrected chi connectivity index (χ2v) is 4.08. The predicted octanol–water partition coefficient (Wildman–Crippen LogP) is -0.998. The van der Waals surface area contributed by atoms with Gasteiger partial charge in [-0.15, -0.1) is 12.3 Å². The lowest BCUT2D eigenvalue weighted by atomic mass is 11.3. The Morgan fingerprint density at radius 3 is 1.86 bits per heavy atom. The lowest BCUT2D eigenvalue weighted by Crippen LogP contribution is -2.20. The van der Waals surface area contributed by atoms with Crippen molar-refractivity contribution in [2.24, 2.45) is 0 Å². The molecule has 0 unspecified atom stereocenters. The van der Waals surface area contributed by atoms with Crippen LogP contribution < -0.4 is 0 Å². The minimum atomic E-state index is -1.30. The van der Waals surface area contributed by atoms with E-state index in [1.807, 2.05) is 0 Å². The van der Waals surface area contributed by atoms with Crippen molar-refractivity contribution in [1.82, 2.24) is 0 Å². The standard InChI is InChI=1S/C4H10O2Si/c1-2-7(3-5)4-6/h2,5-7H,1,3-4H2. The molecule has 0 aliphatic heterocycles. The van der Waals surface area contributed by atoms with Gasteiger partial charge in [-0.2, -0.15) is 0 Å². The molecule has 0 spiro atoms. The molecule has 0 aromatic carbocycles. The highest BCUT2D eigenvalue weighted by Gasteiger charge is 1.98. The number of aliphatic hydroxyl groups excluding tert-OH is 2. The maximum Gasteiger partial charge on any atom is 0.119 e. The molecule has 0 aliphatic rings. The average Bonchev–Trinajstić information content (AvgIpc) is 1.72. The van der Waals surface area contributed by atoms with Crippen molar-refractivity contribution in [2.45, 2.75) is 0 Å². The fraction of sp³-hybridized carbons (Fsp3) is 0.500. The van der Waals surface area contributed by atoms with Gasteiger partial charge in [0.05, 0.1) is 0 Å². The van der Waals surface area contributed by atoms with Gasteiger partial charge in [0.1, 0.15) is 8.80 Å². The molecule has 7 heavy (non-hydrogen) atoms. The third-order valence-corrected chi connectivity index (χ3v) is 2.41. The quantitative estimate of drug-likeness (QED) is 0.467. The van der Waals surface area contributed by atoms with Crippen molar-refractivity contribution in [2.75, 3.05) is 12.5 Å². The zero-order valence-corrected chi connectivity index (χ0v) is 5.33. The smallest absolute Gasteiger partial charge is 0.119 e. The molecule has 0 aromatic heterocycles. The second-order valence-electron chi connectivity index (χ2n) is 1.36. The summed E-state index contributed by atoms with van der Waals surface area (Å²) in [6, 6.07) is 0. The van der Waals surface area contributed by atoms with Gasteiger partial charge in [0.2, 0.25) is 0 Å². The van der Waals surface area contributed by atoms with E-state index in [9.17, 15) is 0 Å². The molecular formula is C4H10O2Si. The monoisotopic (exact) mass is 118 g/mol. The van der Waals surface area contributed by atoms with Gasteiger partial charge >= 0.3 is 0 Å². The summed E-state index contributed by atoms with van der Waals surface area (Å²) >= 11 is 0. The van der Waals surface area contributed by atoms with Crippen LogP contribution in [0.3, 0.4) is 0 Å². The van der Waals surface area contributed by atoms with Gasteiger partial charge in [0, 0.05) is 12.5 Å². The summed E-state index contributed by atoms with van der Waals surface area (Å²) in [5.74, 6) is 0. The van der Waals surface area contributed by atoms with E-state index in [1.54, 1.807) is 5.70 Å². The topological polar surface area (TPSA) is 40.5 Å². The van der Waals surface area contributed by atoms with E-state index in [0.717, 1.165) is 0 Å². The maximum absolute atomic E-state index is 8.36. The zero-order valence-electron chi connectivity index (χ0n) is 4.17. The van der Waals surface area contributed by atoms with Crippen LogP contribution in [0.15, 0.2) is 12.3 Å². The third-order valence-electron chi connectivity index (χ3n) is 0.802. The molecule has 0 saturated heterocycles. The van der Waals surface area contributed by atoms with Gasteiger partial charge in [0.25, 0.3) is 0 Å². The highest BCUT2D eigenvalue weighted by molar-refractivity contribution is 6.63. The first-order chi connectivity index (χ1) is 3.35. The Morgan fingerprint density at radius 1 is 1.43 bits per heavy atom. The SMILES string of the molecule is C=C[SiH](CO)CO. The van der Waals surface area contributed by atoms with Crippen LogP contribution in [0.2, 0.25) is 0 Å². The zero-order chi connectivity index (χ0) is 5.70. The molecule has 0 aliphatic carbocycles. The summed E-state index contributed by atoms with van der Waals surface area (Å²) in [5, 5.41) is 16.7. The summed E-state index contributed by atoms with van der Waals surface area (Å²) in [7, 11) is -1.30. The van der Waals surface area contributed by atoms with Gasteiger partial charge in [0.15, 0.2) is 0 Å². The van der Waals surface area contributed by atoms with Crippen LogP contribution in [0.4, 0.5) is 0 Å². The van der Waals surface area contributed by atoms with Gasteiger partial charge in [-0.05, 0) is 0 Å². The van der Waals surface area contributed by atoms with Crippen molar-refractivity contribution < 1.29 is 10.2 Å². The summed E-state index contributed by atoms with van der Waals surface area (Å²) < 4.78 is 0. The second kappa shape index (κ2) is 4.05. The normalized spacial score (nSPS) is 9.57. The van der Waals surface area contributed by atoms with Crippen LogP contribution in [-0.2, 0) is 0 Å². The van der Waals surface area contributed by atoms with Crippen molar-refractivity contribution >= 4 is 8.80 Å². The number of hydrogen-bond acceptors (Lipinski definition) is 2. The minimum absolute atomic E-state index is 0.125. The molecule has 0 radical (unpaired) electrons. The van der Waals surface area contributed by atoms with Crippen LogP contribution >= 0.6 is 0 Å². The molecule has 0 rings (SSSR count). The third kappa shape index (κ3) is 2.56. The van der Waals surface area contributed by atoms with E-state index < -0.39 is 8.80 Å². The van der Waals surface area contributed by atoms with Crippen LogP contribution in [0.25, 0.3) is 0 Å². The van der Waals surface area contributed by atoms with Crippen LogP contribution in [0, 0.1) is 0 Å². The van der Waals surface area contributed by atoms with E-state index in [0.29, 0.717) is 0 Å². The predicted molar refractivity (Wildman–Crippen MR) is 31.5 cm³/mol. The molecule has 0 aromatic rings. The number of hydrogen-bond donors (Lipinski definition) is 2.